The van der Waals surface area contributed by atoms with E-state index in [1.807, 2.05) is 31.2 Å². The van der Waals surface area contributed by atoms with Crippen molar-refractivity contribution < 1.29 is 4.74 Å². The van der Waals surface area contributed by atoms with Gasteiger partial charge in [-0.3, -0.25) is 4.99 Å². The smallest absolute Gasteiger partial charge is 0.188 e. The summed E-state index contributed by atoms with van der Waals surface area (Å²) < 4.78 is 5.64. The molecule has 0 fully saturated rings. The largest absolute Gasteiger partial charge is 0.493 e. The summed E-state index contributed by atoms with van der Waals surface area (Å²) in [5, 5.41) is 3.10. The van der Waals surface area contributed by atoms with Crippen LogP contribution in [0.2, 0.25) is 0 Å². The van der Waals surface area contributed by atoms with Crippen molar-refractivity contribution in [2.75, 3.05) is 13.7 Å². The van der Waals surface area contributed by atoms with Crippen LogP contribution in [0.4, 0.5) is 0 Å². The van der Waals surface area contributed by atoms with Crippen LogP contribution in [-0.2, 0) is 0 Å². The first-order valence-corrected chi connectivity index (χ1v) is 6.24. The fraction of sp³-hybridized carbons (Fsp3) is 0.500. The Hall–Kier alpha value is -0.980. The number of guanidine groups is 1. The Morgan fingerprint density at radius 2 is 1.84 bits per heavy atom. The number of nitrogens with zero attached hydrogens (tertiary/aromatic N) is 1. The predicted octanol–water partition coefficient (Wildman–Crippen LogP) is 2.93. The number of aliphatic imine (C=N–C) groups is 1. The minimum Gasteiger partial charge on any atom is -0.493 e. The lowest BCUT2D eigenvalue weighted by Gasteiger charge is -2.15. The van der Waals surface area contributed by atoms with Crippen molar-refractivity contribution in [1.82, 2.24) is 5.32 Å². The van der Waals surface area contributed by atoms with E-state index in [2.05, 4.69) is 24.2 Å². The zero-order valence-electron chi connectivity index (χ0n) is 12.0. The molecule has 0 heterocycles. The molecule has 0 aliphatic heterocycles. The molecular formula is C14H24IN3O. The third-order valence-corrected chi connectivity index (χ3v) is 2.57. The van der Waals surface area contributed by atoms with Crippen molar-refractivity contribution in [1.29, 1.82) is 0 Å². The SMILES string of the molecule is CN=C(N)NC(C)c1ccc(OCC(C)C)cc1.I. The summed E-state index contributed by atoms with van der Waals surface area (Å²) in [6.07, 6.45) is 0. The van der Waals surface area contributed by atoms with E-state index >= 15 is 0 Å². The van der Waals surface area contributed by atoms with Crippen molar-refractivity contribution in [3.63, 3.8) is 0 Å². The van der Waals surface area contributed by atoms with Gasteiger partial charge in [-0.2, -0.15) is 0 Å². The van der Waals surface area contributed by atoms with Gasteiger partial charge in [0.25, 0.3) is 0 Å². The molecule has 0 radical (unpaired) electrons. The average molecular weight is 377 g/mol. The van der Waals surface area contributed by atoms with Crippen LogP contribution in [0.1, 0.15) is 32.4 Å². The molecule has 1 rings (SSSR count). The first-order chi connectivity index (χ1) is 8.52. The number of hydrogen-bond acceptors (Lipinski definition) is 2. The fourth-order valence-corrected chi connectivity index (χ4v) is 1.49. The van der Waals surface area contributed by atoms with Crippen LogP contribution in [0.15, 0.2) is 29.3 Å². The lowest BCUT2D eigenvalue weighted by Crippen LogP contribution is -2.33. The molecule has 19 heavy (non-hydrogen) atoms. The lowest BCUT2D eigenvalue weighted by molar-refractivity contribution is 0.271. The van der Waals surface area contributed by atoms with Crippen LogP contribution in [-0.4, -0.2) is 19.6 Å². The van der Waals surface area contributed by atoms with Gasteiger partial charge in [-0.1, -0.05) is 26.0 Å². The first-order valence-electron chi connectivity index (χ1n) is 6.24. The molecule has 1 aromatic carbocycles. The summed E-state index contributed by atoms with van der Waals surface area (Å²) in [5.74, 6) is 1.88. The Balaban J connectivity index is 0.00000324. The number of nitrogens with one attached hydrogen (secondary N) is 1. The number of benzene rings is 1. The van der Waals surface area contributed by atoms with Gasteiger partial charge in [0.1, 0.15) is 5.75 Å². The summed E-state index contributed by atoms with van der Waals surface area (Å²) in [5.41, 5.74) is 6.79. The molecule has 0 aliphatic carbocycles. The highest BCUT2D eigenvalue weighted by Crippen LogP contribution is 2.17. The number of halogens is 1. The average Bonchev–Trinajstić information content (AvgIpc) is 2.36. The molecule has 0 aliphatic rings. The highest BCUT2D eigenvalue weighted by molar-refractivity contribution is 14.0. The molecule has 1 aromatic rings. The zero-order valence-corrected chi connectivity index (χ0v) is 14.3. The van der Waals surface area contributed by atoms with Crippen LogP contribution in [0.5, 0.6) is 5.75 Å². The van der Waals surface area contributed by atoms with Crippen LogP contribution in [0.3, 0.4) is 0 Å². The predicted molar refractivity (Wildman–Crippen MR) is 91.3 cm³/mol. The van der Waals surface area contributed by atoms with E-state index < -0.39 is 0 Å². The van der Waals surface area contributed by atoms with E-state index in [4.69, 9.17) is 10.5 Å². The second-order valence-corrected chi connectivity index (χ2v) is 4.75. The van der Waals surface area contributed by atoms with Gasteiger partial charge in [0.15, 0.2) is 5.96 Å². The van der Waals surface area contributed by atoms with Crippen LogP contribution >= 0.6 is 24.0 Å². The van der Waals surface area contributed by atoms with E-state index in [0.29, 0.717) is 11.9 Å². The lowest BCUT2D eigenvalue weighted by atomic mass is 10.1. The van der Waals surface area contributed by atoms with E-state index in [-0.39, 0.29) is 30.0 Å². The molecule has 1 atom stereocenters. The van der Waals surface area contributed by atoms with Crippen molar-refractivity contribution in [3.8, 4) is 5.75 Å². The number of nitrogens with two attached hydrogens (primary N) is 1. The van der Waals surface area contributed by atoms with E-state index in [1.165, 1.54) is 0 Å². The minimum absolute atomic E-state index is 0. The normalized spacial score (nSPS) is 12.8. The summed E-state index contributed by atoms with van der Waals surface area (Å²) in [6, 6.07) is 8.17. The summed E-state index contributed by atoms with van der Waals surface area (Å²) in [6.45, 7) is 7.05. The Morgan fingerprint density at radius 3 is 2.32 bits per heavy atom. The zero-order chi connectivity index (χ0) is 13.5. The maximum absolute atomic E-state index is 5.64. The number of hydrogen-bond donors (Lipinski definition) is 2. The minimum atomic E-state index is 0. The van der Waals surface area contributed by atoms with Gasteiger partial charge in [0, 0.05) is 7.05 Å². The van der Waals surface area contributed by atoms with Gasteiger partial charge >= 0.3 is 0 Å². The van der Waals surface area contributed by atoms with Gasteiger partial charge in [-0.15, -0.1) is 24.0 Å². The number of ether oxygens (including phenoxy) is 1. The second-order valence-electron chi connectivity index (χ2n) is 4.75. The van der Waals surface area contributed by atoms with Gasteiger partial charge in [0.2, 0.25) is 0 Å². The van der Waals surface area contributed by atoms with Crippen molar-refractivity contribution in [2.24, 2.45) is 16.6 Å². The number of rotatable bonds is 5. The van der Waals surface area contributed by atoms with Crippen molar-refractivity contribution in [2.45, 2.75) is 26.8 Å². The van der Waals surface area contributed by atoms with Crippen molar-refractivity contribution >= 4 is 29.9 Å². The Bertz CT molecular complexity index is 390. The monoisotopic (exact) mass is 377 g/mol. The molecule has 108 valence electrons. The van der Waals surface area contributed by atoms with Gasteiger partial charge < -0.3 is 15.8 Å². The molecule has 1 unspecified atom stereocenters. The maximum Gasteiger partial charge on any atom is 0.188 e. The standard InChI is InChI=1S/C14H23N3O.HI/c1-10(2)9-18-13-7-5-12(6-8-13)11(3)17-14(15)16-4;/h5-8,10-11H,9H2,1-4H3,(H3,15,16,17);1H. The highest BCUT2D eigenvalue weighted by atomic mass is 127. The quantitative estimate of drug-likeness (QED) is 0.471. The topological polar surface area (TPSA) is 59.6 Å². The first kappa shape index (κ1) is 18.0. The van der Waals surface area contributed by atoms with E-state index in [1.54, 1.807) is 7.05 Å². The third kappa shape index (κ3) is 6.66. The highest BCUT2D eigenvalue weighted by Gasteiger charge is 2.06. The molecule has 0 amide bonds. The molecule has 0 saturated heterocycles. The van der Waals surface area contributed by atoms with Crippen LogP contribution < -0.4 is 15.8 Å². The Kier molecular flexibility index (Phi) is 8.54. The Labute approximate surface area is 132 Å². The molecule has 3 N–H and O–H groups in total. The summed E-state index contributed by atoms with van der Waals surface area (Å²) >= 11 is 0. The van der Waals surface area contributed by atoms with Crippen molar-refractivity contribution in [3.05, 3.63) is 29.8 Å². The molecule has 0 bridgehead atoms. The van der Waals surface area contributed by atoms with Crippen LogP contribution in [0.25, 0.3) is 0 Å². The third-order valence-electron chi connectivity index (χ3n) is 2.57. The molecule has 5 heteroatoms. The molecule has 0 saturated carbocycles. The Morgan fingerprint density at radius 1 is 1.26 bits per heavy atom. The fourth-order valence-electron chi connectivity index (χ4n) is 1.49. The second kappa shape index (κ2) is 9.01. The molecule has 0 aromatic heterocycles. The summed E-state index contributed by atoms with van der Waals surface area (Å²) in [4.78, 5) is 3.88. The van der Waals surface area contributed by atoms with Gasteiger partial charge in [-0.25, -0.2) is 0 Å². The molecule has 0 spiro atoms. The van der Waals surface area contributed by atoms with Gasteiger partial charge in [-0.05, 0) is 30.5 Å². The summed E-state index contributed by atoms with van der Waals surface area (Å²) in [7, 11) is 1.66. The van der Waals surface area contributed by atoms with Gasteiger partial charge in [0.05, 0.1) is 12.6 Å². The maximum atomic E-state index is 5.64. The molecular weight excluding hydrogens is 353 g/mol. The van der Waals surface area contributed by atoms with Crippen LogP contribution in [0, 0.1) is 5.92 Å². The van der Waals surface area contributed by atoms with E-state index in [0.717, 1.165) is 17.9 Å². The molecule has 4 nitrogen and oxygen atoms in total. The van der Waals surface area contributed by atoms with E-state index in [9.17, 15) is 0 Å².